The number of carboxylic acids is 1. The Balaban J connectivity index is 2.04. The molecule has 112 valence electrons. The van der Waals surface area contributed by atoms with E-state index >= 15 is 0 Å². The largest absolute Gasteiger partial charge is 0.477 e. The molecule has 0 atom stereocenters. The van der Waals surface area contributed by atoms with Gasteiger partial charge in [-0.25, -0.2) is 9.78 Å². The van der Waals surface area contributed by atoms with Crippen molar-refractivity contribution in [3.63, 3.8) is 0 Å². The maximum Gasteiger partial charge on any atom is 0.347 e. The molecule has 0 aliphatic rings. The van der Waals surface area contributed by atoms with E-state index in [2.05, 4.69) is 20.5 Å². The second kappa shape index (κ2) is 6.72. The molecule has 0 unspecified atom stereocenters. The summed E-state index contributed by atoms with van der Waals surface area (Å²) in [6.07, 6.45) is 1.32. The number of carboxylic acid groups (broad SMARTS) is 1. The van der Waals surface area contributed by atoms with Crippen molar-refractivity contribution in [2.75, 3.05) is 5.32 Å². The average molecular weight is 326 g/mol. The van der Waals surface area contributed by atoms with Gasteiger partial charge in [0.05, 0.1) is 12.1 Å². The normalized spacial score (nSPS) is 10.6. The van der Waals surface area contributed by atoms with Gasteiger partial charge in [0, 0.05) is 0 Å². The molecule has 21 heavy (non-hydrogen) atoms. The van der Waals surface area contributed by atoms with Crippen LogP contribution in [0.25, 0.3) is 0 Å². The summed E-state index contributed by atoms with van der Waals surface area (Å²) in [7, 11) is 0. The van der Waals surface area contributed by atoms with Crippen LogP contribution in [0.3, 0.4) is 0 Å². The van der Waals surface area contributed by atoms with Crippen LogP contribution in [0, 0.1) is 0 Å². The summed E-state index contributed by atoms with van der Waals surface area (Å²) in [5.74, 6) is -1.28. The van der Waals surface area contributed by atoms with Crippen molar-refractivity contribution >= 4 is 39.7 Å². The van der Waals surface area contributed by atoms with Gasteiger partial charge in [-0.05, 0) is 12.8 Å². The van der Waals surface area contributed by atoms with Gasteiger partial charge in [-0.3, -0.25) is 4.79 Å². The van der Waals surface area contributed by atoms with E-state index in [4.69, 9.17) is 5.11 Å². The first kappa shape index (κ1) is 15.5. The second-order valence-electron chi connectivity index (χ2n) is 4.12. The zero-order valence-electron chi connectivity index (χ0n) is 11.5. The van der Waals surface area contributed by atoms with Crippen LogP contribution in [-0.4, -0.2) is 32.2 Å². The van der Waals surface area contributed by atoms with Crippen molar-refractivity contribution in [1.29, 1.82) is 0 Å². The van der Waals surface area contributed by atoms with Crippen molar-refractivity contribution in [2.24, 2.45) is 0 Å². The molecule has 0 saturated carbocycles. The van der Waals surface area contributed by atoms with Crippen LogP contribution in [0.5, 0.6) is 0 Å². The summed E-state index contributed by atoms with van der Waals surface area (Å²) < 4.78 is 0. The molecule has 0 aliphatic carbocycles. The van der Waals surface area contributed by atoms with Crippen molar-refractivity contribution < 1.29 is 14.7 Å². The van der Waals surface area contributed by atoms with Gasteiger partial charge >= 0.3 is 5.97 Å². The highest BCUT2D eigenvalue weighted by Gasteiger charge is 2.18. The van der Waals surface area contributed by atoms with E-state index < -0.39 is 5.97 Å². The van der Waals surface area contributed by atoms with Crippen molar-refractivity contribution in [3.8, 4) is 0 Å². The lowest BCUT2D eigenvalue weighted by Gasteiger charge is -1.97. The molecule has 0 aliphatic heterocycles. The van der Waals surface area contributed by atoms with Gasteiger partial charge in [0.2, 0.25) is 11.0 Å². The highest BCUT2D eigenvalue weighted by molar-refractivity contribution is 7.15. The fourth-order valence-corrected chi connectivity index (χ4v) is 3.32. The topological polar surface area (TPSA) is 105 Å². The van der Waals surface area contributed by atoms with E-state index in [-0.39, 0.29) is 17.2 Å². The zero-order chi connectivity index (χ0) is 15.4. The van der Waals surface area contributed by atoms with Crippen molar-refractivity contribution in [2.45, 2.75) is 33.1 Å². The van der Waals surface area contributed by atoms with Crippen LogP contribution in [-0.2, 0) is 24.1 Å². The van der Waals surface area contributed by atoms with E-state index in [1.165, 1.54) is 11.3 Å². The smallest absolute Gasteiger partial charge is 0.347 e. The van der Waals surface area contributed by atoms with Crippen LogP contribution in [0.2, 0.25) is 0 Å². The van der Waals surface area contributed by atoms with Gasteiger partial charge in [-0.1, -0.05) is 25.2 Å². The van der Waals surface area contributed by atoms with Crippen LogP contribution in [0.4, 0.5) is 5.13 Å². The minimum absolute atomic E-state index is 0.0337. The molecular weight excluding hydrogens is 312 g/mol. The molecule has 0 radical (unpaired) electrons. The quantitative estimate of drug-likeness (QED) is 0.841. The maximum atomic E-state index is 11.9. The molecule has 0 saturated heterocycles. The summed E-state index contributed by atoms with van der Waals surface area (Å²) in [5.41, 5.74) is 0.513. The lowest BCUT2D eigenvalue weighted by atomic mass is 10.3. The standard InChI is InChI=1S/C12H14N4O3S2/c1-3-6-10(11(18)19)20-9(13-6)5-7(17)14-12-16-15-8(4-2)21-12/h3-5H2,1-2H3,(H,18,19)(H,14,16,17). The fraction of sp³-hybridized carbons (Fsp3) is 0.417. The number of hydrogen-bond donors (Lipinski definition) is 2. The molecule has 0 spiro atoms. The Morgan fingerprint density at radius 3 is 2.43 bits per heavy atom. The van der Waals surface area contributed by atoms with E-state index in [1.807, 2.05) is 13.8 Å². The maximum absolute atomic E-state index is 11.9. The van der Waals surface area contributed by atoms with Gasteiger partial charge in [-0.15, -0.1) is 21.5 Å². The molecule has 9 heteroatoms. The number of anilines is 1. The average Bonchev–Trinajstić information content (AvgIpc) is 3.05. The number of carbonyl (C=O) groups is 2. The van der Waals surface area contributed by atoms with Gasteiger partial charge in [-0.2, -0.15) is 0 Å². The Labute approximate surface area is 129 Å². The number of aryl methyl sites for hydroxylation is 2. The first-order valence-corrected chi connectivity index (χ1v) is 8.00. The number of amides is 1. The van der Waals surface area contributed by atoms with Gasteiger partial charge in [0.15, 0.2) is 0 Å². The Kier molecular flexibility index (Phi) is 4.97. The Hall–Kier alpha value is -1.87. The molecule has 2 N–H and O–H groups in total. The molecule has 2 rings (SSSR count). The number of thiazole rings is 1. The molecule has 2 heterocycles. The zero-order valence-corrected chi connectivity index (χ0v) is 13.2. The highest BCUT2D eigenvalue weighted by atomic mass is 32.1. The van der Waals surface area contributed by atoms with Crippen molar-refractivity contribution in [3.05, 3.63) is 20.6 Å². The van der Waals surface area contributed by atoms with Gasteiger partial charge in [0.1, 0.15) is 14.9 Å². The van der Waals surface area contributed by atoms with Crippen LogP contribution in [0.15, 0.2) is 0 Å². The molecule has 2 aromatic heterocycles. The predicted octanol–water partition coefficient (Wildman–Crippen LogP) is 2.00. The number of nitrogens with zero attached hydrogens (tertiary/aromatic N) is 3. The molecule has 7 nitrogen and oxygen atoms in total. The van der Waals surface area contributed by atoms with E-state index in [0.29, 0.717) is 22.3 Å². The number of aromatic nitrogens is 3. The lowest BCUT2D eigenvalue weighted by Crippen LogP contribution is -2.14. The van der Waals surface area contributed by atoms with E-state index in [0.717, 1.165) is 22.8 Å². The lowest BCUT2D eigenvalue weighted by molar-refractivity contribution is -0.115. The number of nitrogens with one attached hydrogen (secondary N) is 1. The molecule has 2 aromatic rings. The summed E-state index contributed by atoms with van der Waals surface area (Å²) in [6.45, 7) is 3.79. The number of hydrogen-bond acceptors (Lipinski definition) is 7. The number of rotatable bonds is 6. The van der Waals surface area contributed by atoms with E-state index in [9.17, 15) is 9.59 Å². The third-order valence-corrected chi connectivity index (χ3v) is 4.67. The molecule has 0 aromatic carbocycles. The Bertz CT molecular complexity index is 665. The first-order valence-electron chi connectivity index (χ1n) is 6.37. The Morgan fingerprint density at radius 2 is 1.90 bits per heavy atom. The minimum Gasteiger partial charge on any atom is -0.477 e. The first-order chi connectivity index (χ1) is 10.0. The molecule has 0 bridgehead atoms. The molecule has 0 fully saturated rings. The van der Waals surface area contributed by atoms with E-state index in [1.54, 1.807) is 0 Å². The summed E-state index contributed by atoms with van der Waals surface area (Å²) >= 11 is 2.36. The third kappa shape index (κ3) is 3.82. The fourth-order valence-electron chi connectivity index (χ4n) is 1.63. The molecule has 1 amide bonds. The number of aromatic carboxylic acids is 1. The van der Waals surface area contributed by atoms with Crippen molar-refractivity contribution in [1.82, 2.24) is 15.2 Å². The monoisotopic (exact) mass is 326 g/mol. The highest BCUT2D eigenvalue weighted by Crippen LogP contribution is 2.21. The van der Waals surface area contributed by atoms with Crippen LogP contribution in [0.1, 0.15) is 39.2 Å². The Morgan fingerprint density at radius 1 is 1.14 bits per heavy atom. The second-order valence-corrected chi connectivity index (χ2v) is 6.27. The summed E-state index contributed by atoms with van der Waals surface area (Å²) in [4.78, 5) is 27.4. The molecular formula is C12H14N4O3S2. The van der Waals surface area contributed by atoms with Crippen LogP contribution >= 0.6 is 22.7 Å². The third-order valence-electron chi connectivity index (χ3n) is 2.60. The van der Waals surface area contributed by atoms with Gasteiger partial charge < -0.3 is 10.4 Å². The van der Waals surface area contributed by atoms with Gasteiger partial charge in [0.25, 0.3) is 0 Å². The number of carbonyl (C=O) groups excluding carboxylic acids is 1. The minimum atomic E-state index is -1.01. The summed E-state index contributed by atoms with van der Waals surface area (Å²) in [6, 6.07) is 0. The SMILES string of the molecule is CCc1nnc(NC(=O)Cc2nc(CC)c(C(=O)O)s2)s1. The van der Waals surface area contributed by atoms with Crippen LogP contribution < -0.4 is 5.32 Å². The predicted molar refractivity (Wildman–Crippen MR) is 80.1 cm³/mol. The summed E-state index contributed by atoms with van der Waals surface area (Å²) in [5, 5.41) is 21.3.